The molecule has 0 aromatic carbocycles. The summed E-state index contributed by atoms with van der Waals surface area (Å²) in [6.45, 7) is 2.94. The number of nitrogens with zero attached hydrogens (tertiary/aromatic N) is 1. The van der Waals surface area contributed by atoms with Crippen molar-refractivity contribution < 1.29 is 5.11 Å². The van der Waals surface area contributed by atoms with Gasteiger partial charge in [0.15, 0.2) is 0 Å². The number of aliphatic hydroxyl groups excluding tert-OH is 1. The second kappa shape index (κ2) is 7.65. The Bertz CT molecular complexity index is 290. The molecule has 4 heteroatoms. The Morgan fingerprint density at radius 3 is 2.88 bits per heavy atom. The smallest absolute Gasteiger partial charge is 0.0585 e. The zero-order chi connectivity index (χ0) is 11.8. The Morgan fingerprint density at radius 1 is 1.50 bits per heavy atom. The van der Waals surface area contributed by atoms with Gasteiger partial charge < -0.3 is 10.4 Å². The van der Waals surface area contributed by atoms with Crippen LogP contribution in [0, 0.1) is 6.92 Å². The summed E-state index contributed by atoms with van der Waals surface area (Å²) in [6.07, 6.45) is 4.94. The quantitative estimate of drug-likeness (QED) is 0.760. The van der Waals surface area contributed by atoms with Crippen LogP contribution in [0.25, 0.3) is 0 Å². The van der Waals surface area contributed by atoms with Crippen molar-refractivity contribution in [1.82, 2.24) is 10.3 Å². The molecule has 0 amide bonds. The second-order valence-corrected chi connectivity index (χ2v) is 4.85. The van der Waals surface area contributed by atoms with Gasteiger partial charge in [-0.1, -0.05) is 6.07 Å². The molecule has 0 spiro atoms. The fraction of sp³-hybridized carbons (Fsp3) is 0.583. The number of hydrogen-bond donors (Lipinski definition) is 2. The Kier molecular flexibility index (Phi) is 6.45. The average molecular weight is 240 g/mol. The van der Waals surface area contributed by atoms with Crippen LogP contribution >= 0.6 is 11.8 Å². The average Bonchev–Trinajstić information content (AvgIpc) is 2.32. The van der Waals surface area contributed by atoms with E-state index in [2.05, 4.69) is 22.6 Å². The molecule has 0 saturated heterocycles. The van der Waals surface area contributed by atoms with Crippen molar-refractivity contribution in [3.63, 3.8) is 0 Å². The molecule has 16 heavy (non-hydrogen) atoms. The van der Waals surface area contributed by atoms with E-state index in [0.717, 1.165) is 24.4 Å². The first-order chi connectivity index (χ1) is 7.76. The van der Waals surface area contributed by atoms with E-state index in [1.165, 1.54) is 5.56 Å². The molecule has 1 heterocycles. The van der Waals surface area contributed by atoms with E-state index in [9.17, 15) is 5.11 Å². The lowest BCUT2D eigenvalue weighted by molar-refractivity contribution is 0.238. The topological polar surface area (TPSA) is 45.1 Å². The molecule has 0 aliphatic heterocycles. The second-order valence-electron chi connectivity index (χ2n) is 3.87. The van der Waals surface area contributed by atoms with Gasteiger partial charge in [0.05, 0.1) is 12.3 Å². The summed E-state index contributed by atoms with van der Waals surface area (Å²) in [4.78, 5) is 4.32. The minimum atomic E-state index is 0.176. The summed E-state index contributed by atoms with van der Waals surface area (Å²) < 4.78 is 0. The number of aromatic nitrogens is 1. The molecule has 0 fully saturated rings. The van der Waals surface area contributed by atoms with Crippen LogP contribution in [0.3, 0.4) is 0 Å². The third kappa shape index (κ3) is 4.96. The molecular formula is C12H20N2OS. The van der Waals surface area contributed by atoms with E-state index >= 15 is 0 Å². The van der Waals surface area contributed by atoms with E-state index in [0.29, 0.717) is 0 Å². The van der Waals surface area contributed by atoms with Crippen molar-refractivity contribution in [2.24, 2.45) is 0 Å². The summed E-state index contributed by atoms with van der Waals surface area (Å²) in [5, 5.41) is 12.5. The lowest BCUT2D eigenvalue weighted by atomic mass is 10.2. The van der Waals surface area contributed by atoms with Crippen LogP contribution in [-0.4, -0.2) is 34.7 Å². The predicted molar refractivity (Wildman–Crippen MR) is 69.7 cm³/mol. The number of hydrogen-bond acceptors (Lipinski definition) is 4. The predicted octanol–water partition coefficient (Wildman–Crippen LogP) is 1.59. The van der Waals surface area contributed by atoms with Crippen LogP contribution in [0.4, 0.5) is 0 Å². The van der Waals surface area contributed by atoms with Gasteiger partial charge in [0.1, 0.15) is 0 Å². The molecule has 2 N–H and O–H groups in total. The monoisotopic (exact) mass is 240 g/mol. The van der Waals surface area contributed by atoms with Crippen LogP contribution in [0.5, 0.6) is 0 Å². The van der Waals surface area contributed by atoms with Crippen molar-refractivity contribution in [2.45, 2.75) is 25.9 Å². The maximum absolute atomic E-state index is 9.18. The summed E-state index contributed by atoms with van der Waals surface area (Å²) >= 11 is 1.80. The molecule has 0 saturated carbocycles. The van der Waals surface area contributed by atoms with E-state index in [1.807, 2.05) is 19.2 Å². The van der Waals surface area contributed by atoms with Gasteiger partial charge in [-0.2, -0.15) is 11.8 Å². The maximum Gasteiger partial charge on any atom is 0.0585 e. The molecule has 0 aliphatic carbocycles. The summed E-state index contributed by atoms with van der Waals surface area (Å²) in [5.41, 5.74) is 2.19. The maximum atomic E-state index is 9.18. The van der Waals surface area contributed by atoms with Crippen LogP contribution < -0.4 is 5.32 Å². The highest BCUT2D eigenvalue weighted by Crippen LogP contribution is 2.02. The highest BCUT2D eigenvalue weighted by Gasteiger charge is 2.06. The Hall–Kier alpha value is -0.580. The Balaban J connectivity index is 2.34. The van der Waals surface area contributed by atoms with E-state index in [-0.39, 0.29) is 12.6 Å². The highest BCUT2D eigenvalue weighted by molar-refractivity contribution is 7.98. The summed E-state index contributed by atoms with van der Waals surface area (Å²) in [7, 11) is 0. The van der Waals surface area contributed by atoms with Crippen molar-refractivity contribution >= 4 is 11.8 Å². The van der Waals surface area contributed by atoms with Gasteiger partial charge in [-0.25, -0.2) is 0 Å². The summed E-state index contributed by atoms with van der Waals surface area (Å²) in [6, 6.07) is 4.25. The first kappa shape index (κ1) is 13.5. The zero-order valence-corrected chi connectivity index (χ0v) is 10.8. The Morgan fingerprint density at radius 2 is 2.31 bits per heavy atom. The van der Waals surface area contributed by atoms with Crippen molar-refractivity contribution in [3.8, 4) is 0 Å². The van der Waals surface area contributed by atoms with Gasteiger partial charge in [-0.3, -0.25) is 4.98 Å². The molecule has 1 unspecified atom stereocenters. The molecule has 1 aromatic rings. The molecule has 0 bridgehead atoms. The molecule has 90 valence electrons. The largest absolute Gasteiger partial charge is 0.395 e. The van der Waals surface area contributed by atoms with E-state index in [4.69, 9.17) is 0 Å². The van der Waals surface area contributed by atoms with Crippen molar-refractivity contribution in [1.29, 1.82) is 0 Å². The third-order valence-corrected chi connectivity index (χ3v) is 3.08. The molecule has 0 radical (unpaired) electrons. The van der Waals surface area contributed by atoms with Crippen LogP contribution in [0.2, 0.25) is 0 Å². The normalized spacial score (nSPS) is 12.7. The van der Waals surface area contributed by atoms with Gasteiger partial charge in [-0.05, 0) is 37.0 Å². The van der Waals surface area contributed by atoms with Crippen LogP contribution in [0.1, 0.15) is 17.7 Å². The van der Waals surface area contributed by atoms with E-state index < -0.39 is 0 Å². The first-order valence-electron chi connectivity index (χ1n) is 5.51. The van der Waals surface area contributed by atoms with Crippen LogP contribution in [-0.2, 0) is 6.54 Å². The van der Waals surface area contributed by atoms with Gasteiger partial charge in [0, 0.05) is 18.8 Å². The molecular weight excluding hydrogens is 220 g/mol. The molecule has 0 aliphatic rings. The zero-order valence-electron chi connectivity index (χ0n) is 9.94. The number of thioether (sulfide) groups is 1. The number of aliphatic hydroxyl groups is 1. The first-order valence-corrected chi connectivity index (χ1v) is 6.90. The third-order valence-electron chi connectivity index (χ3n) is 2.44. The molecule has 1 atom stereocenters. The number of aryl methyl sites for hydroxylation is 1. The minimum Gasteiger partial charge on any atom is -0.395 e. The Labute approximate surface area is 102 Å². The van der Waals surface area contributed by atoms with Crippen LogP contribution in [0.15, 0.2) is 18.3 Å². The highest BCUT2D eigenvalue weighted by atomic mass is 32.2. The lowest BCUT2D eigenvalue weighted by Crippen LogP contribution is -2.32. The van der Waals surface area contributed by atoms with Gasteiger partial charge in [0.25, 0.3) is 0 Å². The number of nitrogens with one attached hydrogen (secondary N) is 1. The number of rotatable bonds is 7. The fourth-order valence-corrected chi connectivity index (χ4v) is 1.89. The molecule has 1 aromatic heterocycles. The van der Waals surface area contributed by atoms with Crippen molar-refractivity contribution in [2.75, 3.05) is 18.6 Å². The number of pyridine rings is 1. The SMILES string of the molecule is CSCCC(CO)NCc1ccc(C)cn1. The van der Waals surface area contributed by atoms with Crippen molar-refractivity contribution in [3.05, 3.63) is 29.6 Å². The molecule has 1 rings (SSSR count). The van der Waals surface area contributed by atoms with Gasteiger partial charge in [0.2, 0.25) is 0 Å². The van der Waals surface area contributed by atoms with Gasteiger partial charge >= 0.3 is 0 Å². The standard InChI is InChI=1S/C12H20N2OS/c1-10-3-4-11(13-7-10)8-14-12(9-15)5-6-16-2/h3-4,7,12,14-15H,5-6,8-9H2,1-2H3. The summed E-state index contributed by atoms with van der Waals surface area (Å²) in [5.74, 6) is 1.07. The van der Waals surface area contributed by atoms with Gasteiger partial charge in [-0.15, -0.1) is 0 Å². The lowest BCUT2D eigenvalue weighted by Gasteiger charge is -2.15. The molecule has 3 nitrogen and oxygen atoms in total. The fourth-order valence-electron chi connectivity index (χ4n) is 1.37. The van der Waals surface area contributed by atoms with E-state index in [1.54, 1.807) is 11.8 Å². The minimum absolute atomic E-state index is 0.176.